The minimum absolute atomic E-state index is 0.146. The van der Waals surface area contributed by atoms with Crippen molar-refractivity contribution in [1.82, 2.24) is 25.1 Å². The number of amides is 1. The minimum atomic E-state index is -0.296. The van der Waals surface area contributed by atoms with Gasteiger partial charge in [0.15, 0.2) is 5.65 Å². The van der Waals surface area contributed by atoms with Gasteiger partial charge in [-0.3, -0.25) is 4.79 Å². The highest BCUT2D eigenvalue weighted by Crippen LogP contribution is 2.27. The molecule has 0 atom stereocenters. The number of carbonyl (C=O) groups excluding carboxylic acids is 1. The maximum atomic E-state index is 12.9. The van der Waals surface area contributed by atoms with Crippen LogP contribution in [0.15, 0.2) is 47.6 Å². The predicted octanol–water partition coefficient (Wildman–Crippen LogP) is 3.63. The van der Waals surface area contributed by atoms with Gasteiger partial charge in [0, 0.05) is 19.0 Å². The smallest absolute Gasteiger partial charge is 0.230 e. The molecule has 0 aliphatic carbocycles. The maximum Gasteiger partial charge on any atom is 0.230 e. The molecular weight excluding hydrogens is 389 g/mol. The number of nitrogens with one attached hydrogen (secondary N) is 1. The number of aromatic nitrogens is 4. The number of aryl methyl sites for hydroxylation is 2. The van der Waals surface area contributed by atoms with Crippen molar-refractivity contribution in [2.24, 2.45) is 7.05 Å². The van der Waals surface area contributed by atoms with Crippen molar-refractivity contribution in [3.8, 4) is 0 Å². The van der Waals surface area contributed by atoms with Crippen molar-refractivity contribution in [1.29, 1.82) is 0 Å². The first-order valence-corrected chi connectivity index (χ1v) is 10.3. The Morgan fingerprint density at radius 1 is 1.14 bits per heavy atom. The maximum absolute atomic E-state index is 12.9. The van der Waals surface area contributed by atoms with Gasteiger partial charge >= 0.3 is 0 Å². The van der Waals surface area contributed by atoms with Crippen LogP contribution in [-0.4, -0.2) is 31.4 Å². The lowest BCUT2D eigenvalue weighted by atomic mass is 10.1. The van der Waals surface area contributed by atoms with E-state index < -0.39 is 0 Å². The number of benzene rings is 2. The number of thioether (sulfide) groups is 1. The van der Waals surface area contributed by atoms with Gasteiger partial charge in [-0.2, -0.15) is 0 Å². The second-order valence-electron chi connectivity index (χ2n) is 6.72. The molecule has 0 saturated carbocycles. The summed E-state index contributed by atoms with van der Waals surface area (Å²) in [5.41, 5.74) is 4.65. The zero-order valence-electron chi connectivity index (χ0n) is 16.1. The molecule has 2 heterocycles. The van der Waals surface area contributed by atoms with Crippen LogP contribution in [0.25, 0.3) is 22.1 Å². The quantitative estimate of drug-likeness (QED) is 0.493. The predicted molar refractivity (Wildman–Crippen MR) is 112 cm³/mol. The number of hydrogen-bond donors (Lipinski definition) is 1. The Morgan fingerprint density at radius 2 is 1.90 bits per heavy atom. The molecule has 0 spiro atoms. The van der Waals surface area contributed by atoms with Gasteiger partial charge in [-0.05, 0) is 41.8 Å². The lowest BCUT2D eigenvalue weighted by molar-refractivity contribution is -0.118. The molecule has 0 aliphatic heterocycles. The van der Waals surface area contributed by atoms with Crippen molar-refractivity contribution >= 4 is 39.7 Å². The largest absolute Gasteiger partial charge is 0.351 e. The molecule has 1 N–H and O–H groups in total. The first-order valence-electron chi connectivity index (χ1n) is 9.31. The van der Waals surface area contributed by atoms with Crippen LogP contribution in [0.3, 0.4) is 0 Å². The van der Waals surface area contributed by atoms with Crippen LogP contribution in [0.1, 0.15) is 18.1 Å². The van der Waals surface area contributed by atoms with Crippen molar-refractivity contribution in [2.75, 3.05) is 5.75 Å². The van der Waals surface area contributed by atoms with Gasteiger partial charge in [-0.15, -0.1) is 10.2 Å². The number of hydrogen-bond acceptors (Lipinski definition) is 5. The van der Waals surface area contributed by atoms with E-state index in [1.165, 1.54) is 29.5 Å². The molecule has 4 aromatic rings. The molecule has 2 aromatic heterocycles. The van der Waals surface area contributed by atoms with E-state index in [4.69, 9.17) is 0 Å². The van der Waals surface area contributed by atoms with Crippen LogP contribution < -0.4 is 5.32 Å². The zero-order valence-corrected chi connectivity index (χ0v) is 17.0. The monoisotopic (exact) mass is 409 g/mol. The van der Waals surface area contributed by atoms with Crippen molar-refractivity contribution < 1.29 is 9.18 Å². The first-order chi connectivity index (χ1) is 14.0. The molecular formula is C21H20FN5OS. The summed E-state index contributed by atoms with van der Waals surface area (Å²) in [5.74, 6) is -0.263. The molecule has 0 unspecified atom stereocenters. The van der Waals surface area contributed by atoms with Crippen LogP contribution in [0.5, 0.6) is 0 Å². The summed E-state index contributed by atoms with van der Waals surface area (Å²) in [4.78, 5) is 16.7. The van der Waals surface area contributed by atoms with Crippen LogP contribution in [0.4, 0.5) is 4.39 Å². The highest BCUT2D eigenvalue weighted by atomic mass is 32.2. The average Bonchev–Trinajstić information content (AvgIpc) is 3.03. The standard InChI is InChI=1S/C21H20FN5OS/c1-3-13-6-9-17-16(10-13)19-20(27(17)2)24-21(26-25-19)29-12-18(28)23-11-14-4-7-15(22)8-5-14/h4-10H,3,11-12H2,1-2H3,(H,23,28). The summed E-state index contributed by atoms with van der Waals surface area (Å²) < 4.78 is 14.9. The Labute approximate surface area is 171 Å². The molecule has 0 bridgehead atoms. The van der Waals surface area contributed by atoms with Gasteiger partial charge in [0.25, 0.3) is 0 Å². The minimum Gasteiger partial charge on any atom is -0.351 e. The third-order valence-corrected chi connectivity index (χ3v) is 5.63. The summed E-state index contributed by atoms with van der Waals surface area (Å²) >= 11 is 1.24. The molecule has 1 amide bonds. The van der Waals surface area contributed by atoms with E-state index in [0.717, 1.165) is 34.1 Å². The Kier molecular flexibility index (Phi) is 5.44. The van der Waals surface area contributed by atoms with Crippen LogP contribution in [-0.2, 0) is 24.8 Å². The van der Waals surface area contributed by atoms with Gasteiger partial charge in [-0.25, -0.2) is 9.37 Å². The fourth-order valence-corrected chi connectivity index (χ4v) is 3.77. The van der Waals surface area contributed by atoms with Gasteiger partial charge in [0.1, 0.15) is 11.3 Å². The van der Waals surface area contributed by atoms with Crippen molar-refractivity contribution in [3.63, 3.8) is 0 Å². The topological polar surface area (TPSA) is 72.7 Å². The van der Waals surface area contributed by atoms with Gasteiger partial charge in [0.05, 0.1) is 11.3 Å². The summed E-state index contributed by atoms with van der Waals surface area (Å²) in [6.45, 7) is 2.47. The summed E-state index contributed by atoms with van der Waals surface area (Å²) in [5, 5.41) is 12.9. The van der Waals surface area contributed by atoms with E-state index in [1.807, 2.05) is 11.6 Å². The van der Waals surface area contributed by atoms with E-state index in [0.29, 0.717) is 11.7 Å². The lowest BCUT2D eigenvalue weighted by Gasteiger charge is -2.05. The normalized spacial score (nSPS) is 11.3. The molecule has 29 heavy (non-hydrogen) atoms. The number of nitrogens with zero attached hydrogens (tertiary/aromatic N) is 4. The second kappa shape index (κ2) is 8.16. The highest BCUT2D eigenvalue weighted by molar-refractivity contribution is 7.99. The van der Waals surface area contributed by atoms with Crippen molar-refractivity contribution in [2.45, 2.75) is 25.0 Å². The molecule has 0 aliphatic rings. The van der Waals surface area contributed by atoms with Gasteiger partial charge in [0.2, 0.25) is 11.1 Å². The molecule has 148 valence electrons. The van der Waals surface area contributed by atoms with Crippen LogP contribution >= 0.6 is 11.8 Å². The fraction of sp³-hybridized carbons (Fsp3) is 0.238. The third kappa shape index (κ3) is 4.07. The molecule has 0 fully saturated rings. The van der Waals surface area contributed by atoms with Gasteiger partial charge in [-0.1, -0.05) is 36.9 Å². The van der Waals surface area contributed by atoms with E-state index in [1.54, 1.807) is 12.1 Å². The summed E-state index contributed by atoms with van der Waals surface area (Å²) in [6.07, 6.45) is 0.953. The number of halogens is 1. The Morgan fingerprint density at radius 3 is 2.66 bits per heavy atom. The van der Waals surface area contributed by atoms with Crippen LogP contribution in [0, 0.1) is 5.82 Å². The zero-order chi connectivity index (χ0) is 20.4. The van der Waals surface area contributed by atoms with E-state index >= 15 is 0 Å². The Balaban J connectivity index is 1.45. The van der Waals surface area contributed by atoms with Crippen molar-refractivity contribution in [3.05, 3.63) is 59.4 Å². The molecule has 0 saturated heterocycles. The van der Waals surface area contributed by atoms with E-state index in [-0.39, 0.29) is 17.5 Å². The molecule has 8 heteroatoms. The lowest BCUT2D eigenvalue weighted by Crippen LogP contribution is -2.24. The molecule has 0 radical (unpaired) electrons. The average molecular weight is 409 g/mol. The Bertz CT molecular complexity index is 1190. The molecule has 4 rings (SSSR count). The molecule has 2 aromatic carbocycles. The third-order valence-electron chi connectivity index (χ3n) is 4.79. The molecule has 6 nitrogen and oxygen atoms in total. The van der Waals surface area contributed by atoms with Crippen LogP contribution in [0.2, 0.25) is 0 Å². The number of carbonyl (C=O) groups is 1. The fourth-order valence-electron chi connectivity index (χ4n) is 3.16. The first kappa shape index (κ1) is 19.3. The number of rotatable bonds is 6. The van der Waals surface area contributed by atoms with Gasteiger partial charge < -0.3 is 9.88 Å². The highest BCUT2D eigenvalue weighted by Gasteiger charge is 2.14. The van der Waals surface area contributed by atoms with E-state index in [9.17, 15) is 9.18 Å². The summed E-state index contributed by atoms with van der Waals surface area (Å²) in [6, 6.07) is 12.4. The SMILES string of the molecule is CCc1ccc2c(c1)c1nnc(SCC(=O)NCc3ccc(F)cc3)nc1n2C. The second-order valence-corrected chi connectivity index (χ2v) is 7.67. The number of fused-ring (bicyclic) bond motifs is 3. The Hall–Kier alpha value is -3.00. The summed E-state index contributed by atoms with van der Waals surface area (Å²) in [7, 11) is 1.95. The van der Waals surface area contributed by atoms with E-state index in [2.05, 4.69) is 45.6 Å².